The summed E-state index contributed by atoms with van der Waals surface area (Å²) in [7, 11) is 0. The summed E-state index contributed by atoms with van der Waals surface area (Å²) in [4.78, 5) is 0. The summed E-state index contributed by atoms with van der Waals surface area (Å²) in [5.74, 6) is 0.387. The zero-order valence-electron chi connectivity index (χ0n) is 7.28. The maximum Gasteiger partial charge on any atom is 0.266 e. The van der Waals surface area contributed by atoms with Crippen LogP contribution >= 0.6 is 11.3 Å². The minimum atomic E-state index is 0.387. The van der Waals surface area contributed by atoms with E-state index in [0.29, 0.717) is 11.6 Å². The van der Waals surface area contributed by atoms with Crippen molar-refractivity contribution in [3.05, 3.63) is 18.1 Å². The van der Waals surface area contributed by atoms with Crippen LogP contribution in [0.4, 0.5) is 0 Å². The third-order valence-corrected chi connectivity index (χ3v) is 2.53. The van der Waals surface area contributed by atoms with Gasteiger partial charge in [0.05, 0.1) is 11.8 Å². The van der Waals surface area contributed by atoms with E-state index in [4.69, 9.17) is 4.42 Å². The Labute approximate surface area is 87.2 Å². The molecule has 0 bridgehead atoms. The van der Waals surface area contributed by atoms with Crippen LogP contribution in [-0.4, -0.2) is 30.6 Å². The molecule has 0 aliphatic carbocycles. The SMILES string of the molecule is c1nnc(-c2[nH]ncc2-c2nncs2)o1. The van der Waals surface area contributed by atoms with Gasteiger partial charge in [0.2, 0.25) is 6.39 Å². The maximum absolute atomic E-state index is 5.08. The van der Waals surface area contributed by atoms with E-state index in [1.54, 1.807) is 11.7 Å². The van der Waals surface area contributed by atoms with Crippen LogP contribution in [0.2, 0.25) is 0 Å². The van der Waals surface area contributed by atoms with Crippen molar-refractivity contribution in [3.63, 3.8) is 0 Å². The average molecular weight is 220 g/mol. The monoisotopic (exact) mass is 220 g/mol. The number of hydrogen-bond donors (Lipinski definition) is 1. The summed E-state index contributed by atoms with van der Waals surface area (Å²) in [6.45, 7) is 0. The van der Waals surface area contributed by atoms with Gasteiger partial charge in [0.15, 0.2) is 5.01 Å². The highest BCUT2D eigenvalue weighted by Crippen LogP contribution is 2.29. The largest absolute Gasteiger partial charge is 0.422 e. The highest BCUT2D eigenvalue weighted by Gasteiger charge is 2.15. The van der Waals surface area contributed by atoms with Gasteiger partial charge in [-0.25, -0.2) is 0 Å². The van der Waals surface area contributed by atoms with Crippen molar-refractivity contribution >= 4 is 11.3 Å². The topological polar surface area (TPSA) is 93.4 Å². The Kier molecular flexibility index (Phi) is 1.78. The van der Waals surface area contributed by atoms with Crippen LogP contribution in [0, 0.1) is 0 Å². The first-order chi connectivity index (χ1) is 7.45. The average Bonchev–Trinajstić information content (AvgIpc) is 3.01. The van der Waals surface area contributed by atoms with E-state index < -0.39 is 0 Å². The zero-order chi connectivity index (χ0) is 10.1. The van der Waals surface area contributed by atoms with Crippen LogP contribution < -0.4 is 0 Å². The number of aromatic nitrogens is 6. The molecule has 3 rings (SSSR count). The zero-order valence-corrected chi connectivity index (χ0v) is 8.10. The van der Waals surface area contributed by atoms with Crippen molar-refractivity contribution in [1.82, 2.24) is 30.6 Å². The van der Waals surface area contributed by atoms with Crippen LogP contribution in [-0.2, 0) is 0 Å². The summed E-state index contributed by atoms with van der Waals surface area (Å²) in [5.41, 5.74) is 3.12. The number of nitrogens with one attached hydrogen (secondary N) is 1. The van der Waals surface area contributed by atoms with E-state index in [9.17, 15) is 0 Å². The molecular formula is C7H4N6OS. The fourth-order valence-electron chi connectivity index (χ4n) is 1.18. The minimum absolute atomic E-state index is 0.387. The Morgan fingerprint density at radius 1 is 1.27 bits per heavy atom. The number of hydrogen-bond acceptors (Lipinski definition) is 7. The van der Waals surface area contributed by atoms with E-state index in [2.05, 4.69) is 30.6 Å². The van der Waals surface area contributed by atoms with E-state index in [-0.39, 0.29) is 0 Å². The van der Waals surface area contributed by atoms with Crippen molar-refractivity contribution in [2.75, 3.05) is 0 Å². The van der Waals surface area contributed by atoms with Gasteiger partial charge in [-0.2, -0.15) is 5.10 Å². The van der Waals surface area contributed by atoms with Crippen LogP contribution in [0.3, 0.4) is 0 Å². The van der Waals surface area contributed by atoms with Gasteiger partial charge in [-0.15, -0.1) is 20.4 Å². The molecule has 7 nitrogen and oxygen atoms in total. The van der Waals surface area contributed by atoms with Gasteiger partial charge in [-0.05, 0) is 0 Å². The van der Waals surface area contributed by atoms with Crippen molar-refractivity contribution in [2.24, 2.45) is 0 Å². The second kappa shape index (κ2) is 3.24. The van der Waals surface area contributed by atoms with Crippen LogP contribution in [0.1, 0.15) is 0 Å². The van der Waals surface area contributed by atoms with Crippen LogP contribution in [0.25, 0.3) is 22.2 Å². The molecule has 0 amide bonds. The summed E-state index contributed by atoms with van der Waals surface area (Å²) < 4.78 is 5.08. The molecule has 1 N–H and O–H groups in total. The molecule has 0 saturated carbocycles. The molecule has 0 aromatic carbocycles. The van der Waals surface area contributed by atoms with Gasteiger partial charge in [0.25, 0.3) is 5.89 Å². The predicted octanol–water partition coefficient (Wildman–Crippen LogP) is 0.978. The number of aromatic amines is 1. The maximum atomic E-state index is 5.08. The quantitative estimate of drug-likeness (QED) is 0.691. The fraction of sp³-hybridized carbons (Fsp3) is 0. The first kappa shape index (κ1) is 8.24. The molecule has 0 atom stereocenters. The van der Waals surface area contributed by atoms with Gasteiger partial charge in [-0.3, -0.25) is 5.10 Å². The molecule has 0 spiro atoms. The Balaban J connectivity index is 2.15. The highest BCUT2D eigenvalue weighted by atomic mass is 32.1. The van der Waals surface area contributed by atoms with E-state index in [1.165, 1.54) is 17.7 Å². The van der Waals surface area contributed by atoms with Crippen molar-refractivity contribution in [2.45, 2.75) is 0 Å². The number of rotatable bonds is 2. The molecule has 3 aromatic heterocycles. The summed E-state index contributed by atoms with van der Waals surface area (Å²) >= 11 is 1.42. The molecule has 0 unspecified atom stereocenters. The van der Waals surface area contributed by atoms with Gasteiger partial charge in [0, 0.05) is 0 Å². The molecule has 0 saturated heterocycles. The Bertz CT molecular complexity index is 493. The third-order valence-electron chi connectivity index (χ3n) is 1.80. The molecule has 3 aromatic rings. The molecule has 15 heavy (non-hydrogen) atoms. The number of H-pyrrole nitrogens is 1. The Hall–Kier alpha value is -2.09. The standard InChI is InChI=1S/C7H4N6OS/c1-4(7-13-10-3-15-7)5(11-8-1)6-12-9-2-14-6/h1-3H,(H,8,11). The lowest BCUT2D eigenvalue weighted by atomic mass is 10.2. The van der Waals surface area contributed by atoms with Crippen LogP contribution in [0.15, 0.2) is 22.5 Å². The molecular weight excluding hydrogens is 216 g/mol. The highest BCUT2D eigenvalue weighted by molar-refractivity contribution is 7.12. The van der Waals surface area contributed by atoms with Gasteiger partial charge >= 0.3 is 0 Å². The molecule has 0 radical (unpaired) electrons. The first-order valence-electron chi connectivity index (χ1n) is 4.01. The van der Waals surface area contributed by atoms with Gasteiger partial charge < -0.3 is 4.42 Å². The minimum Gasteiger partial charge on any atom is -0.422 e. The lowest BCUT2D eigenvalue weighted by Crippen LogP contribution is -1.82. The molecule has 0 fully saturated rings. The van der Waals surface area contributed by atoms with Gasteiger partial charge in [-0.1, -0.05) is 11.3 Å². The second-order valence-corrected chi connectivity index (χ2v) is 3.48. The van der Waals surface area contributed by atoms with Crippen molar-refractivity contribution in [1.29, 1.82) is 0 Å². The Morgan fingerprint density at radius 3 is 3.00 bits per heavy atom. The normalized spacial score (nSPS) is 10.7. The van der Waals surface area contributed by atoms with Crippen LogP contribution in [0.5, 0.6) is 0 Å². The summed E-state index contributed by atoms with van der Waals surface area (Å²) in [6, 6.07) is 0. The smallest absolute Gasteiger partial charge is 0.266 e. The second-order valence-electron chi connectivity index (χ2n) is 2.65. The lowest BCUT2D eigenvalue weighted by molar-refractivity contribution is 0.566. The fourth-order valence-corrected chi connectivity index (χ4v) is 1.75. The summed E-state index contributed by atoms with van der Waals surface area (Å²) in [5, 5.41) is 22.6. The molecule has 8 heteroatoms. The number of nitrogens with zero attached hydrogens (tertiary/aromatic N) is 5. The summed E-state index contributed by atoms with van der Waals surface area (Å²) in [6.07, 6.45) is 2.92. The van der Waals surface area contributed by atoms with Gasteiger partial charge in [0.1, 0.15) is 11.2 Å². The van der Waals surface area contributed by atoms with E-state index in [1.807, 2.05) is 0 Å². The first-order valence-corrected chi connectivity index (χ1v) is 4.89. The third kappa shape index (κ3) is 1.31. The van der Waals surface area contributed by atoms with E-state index in [0.717, 1.165) is 10.6 Å². The van der Waals surface area contributed by atoms with Crippen molar-refractivity contribution in [3.8, 4) is 22.2 Å². The van der Waals surface area contributed by atoms with E-state index >= 15 is 0 Å². The molecule has 0 aliphatic rings. The lowest BCUT2D eigenvalue weighted by Gasteiger charge is -1.91. The van der Waals surface area contributed by atoms with Crippen molar-refractivity contribution < 1.29 is 4.42 Å². The Morgan fingerprint density at radius 2 is 2.27 bits per heavy atom. The molecule has 0 aliphatic heterocycles. The molecule has 74 valence electrons. The predicted molar refractivity (Wildman–Crippen MR) is 50.8 cm³/mol. The molecule has 3 heterocycles.